The van der Waals surface area contributed by atoms with Crippen molar-refractivity contribution in [3.63, 3.8) is 0 Å². The van der Waals surface area contributed by atoms with Gasteiger partial charge in [-0.25, -0.2) is 4.98 Å². The van der Waals surface area contributed by atoms with E-state index in [0.717, 1.165) is 24.5 Å². The SMILES string of the molecule is NCc1nc2c(s1)CNCC2. The van der Waals surface area contributed by atoms with Crippen LogP contribution < -0.4 is 11.1 Å². The van der Waals surface area contributed by atoms with Gasteiger partial charge in [0, 0.05) is 30.9 Å². The van der Waals surface area contributed by atoms with Crippen LogP contribution in [-0.2, 0) is 19.5 Å². The van der Waals surface area contributed by atoms with Gasteiger partial charge >= 0.3 is 0 Å². The van der Waals surface area contributed by atoms with Crippen LogP contribution in [0.3, 0.4) is 0 Å². The molecule has 0 saturated carbocycles. The summed E-state index contributed by atoms with van der Waals surface area (Å²) < 4.78 is 0. The van der Waals surface area contributed by atoms with Crippen molar-refractivity contribution < 1.29 is 0 Å². The van der Waals surface area contributed by atoms with Crippen LogP contribution in [0.2, 0.25) is 0 Å². The van der Waals surface area contributed by atoms with E-state index in [9.17, 15) is 0 Å². The third-order valence-corrected chi connectivity index (χ3v) is 2.94. The van der Waals surface area contributed by atoms with Crippen molar-refractivity contribution in [3.05, 3.63) is 15.6 Å². The maximum absolute atomic E-state index is 5.49. The Labute approximate surface area is 69.6 Å². The van der Waals surface area contributed by atoms with E-state index in [2.05, 4.69) is 10.3 Å². The van der Waals surface area contributed by atoms with Gasteiger partial charge in [0.2, 0.25) is 0 Å². The van der Waals surface area contributed by atoms with Crippen molar-refractivity contribution >= 4 is 11.3 Å². The number of nitrogens with two attached hydrogens (primary N) is 1. The first kappa shape index (κ1) is 7.21. The molecule has 0 saturated heterocycles. The first-order valence-corrected chi connectivity index (χ1v) is 4.60. The number of rotatable bonds is 1. The molecule has 0 bridgehead atoms. The van der Waals surface area contributed by atoms with Gasteiger partial charge in [-0.15, -0.1) is 11.3 Å². The molecule has 0 atom stereocenters. The lowest BCUT2D eigenvalue weighted by molar-refractivity contribution is 0.642. The van der Waals surface area contributed by atoms with Crippen molar-refractivity contribution in [2.45, 2.75) is 19.5 Å². The van der Waals surface area contributed by atoms with E-state index in [1.54, 1.807) is 11.3 Å². The molecule has 0 radical (unpaired) electrons. The summed E-state index contributed by atoms with van der Waals surface area (Å²) in [6.45, 7) is 2.62. The van der Waals surface area contributed by atoms with E-state index in [4.69, 9.17) is 5.73 Å². The minimum atomic E-state index is 0.581. The molecular weight excluding hydrogens is 158 g/mol. The molecule has 3 N–H and O–H groups in total. The zero-order chi connectivity index (χ0) is 7.68. The highest BCUT2D eigenvalue weighted by molar-refractivity contribution is 7.11. The summed E-state index contributed by atoms with van der Waals surface area (Å²) in [6, 6.07) is 0. The van der Waals surface area contributed by atoms with E-state index in [0.29, 0.717) is 6.54 Å². The predicted molar refractivity (Wildman–Crippen MR) is 45.4 cm³/mol. The number of hydrogen-bond acceptors (Lipinski definition) is 4. The lowest BCUT2D eigenvalue weighted by Crippen LogP contribution is -2.22. The van der Waals surface area contributed by atoms with Gasteiger partial charge in [0.05, 0.1) is 5.69 Å². The average Bonchev–Trinajstić information content (AvgIpc) is 2.46. The average molecular weight is 169 g/mol. The molecule has 4 heteroatoms. The second kappa shape index (κ2) is 2.89. The van der Waals surface area contributed by atoms with Gasteiger partial charge in [-0.05, 0) is 0 Å². The zero-order valence-electron chi connectivity index (χ0n) is 6.26. The third kappa shape index (κ3) is 1.29. The first-order valence-electron chi connectivity index (χ1n) is 3.78. The molecule has 3 nitrogen and oxygen atoms in total. The van der Waals surface area contributed by atoms with E-state index in [1.165, 1.54) is 10.6 Å². The molecule has 11 heavy (non-hydrogen) atoms. The summed E-state index contributed by atoms with van der Waals surface area (Å²) in [5.41, 5.74) is 6.75. The van der Waals surface area contributed by atoms with Gasteiger partial charge in [-0.1, -0.05) is 0 Å². The Bertz CT molecular complexity index is 233. The summed E-state index contributed by atoms with van der Waals surface area (Å²) in [7, 11) is 0. The largest absolute Gasteiger partial charge is 0.325 e. The Morgan fingerprint density at radius 3 is 3.27 bits per heavy atom. The van der Waals surface area contributed by atoms with Gasteiger partial charge in [0.25, 0.3) is 0 Å². The number of thiazole rings is 1. The topological polar surface area (TPSA) is 50.9 Å². The number of nitrogens with one attached hydrogen (secondary N) is 1. The molecule has 1 aliphatic heterocycles. The maximum Gasteiger partial charge on any atom is 0.107 e. The predicted octanol–water partition coefficient (Wildman–Crippen LogP) is 0.247. The summed E-state index contributed by atoms with van der Waals surface area (Å²) >= 11 is 1.74. The minimum Gasteiger partial charge on any atom is -0.325 e. The van der Waals surface area contributed by atoms with Gasteiger partial charge in [-0.3, -0.25) is 0 Å². The number of fused-ring (bicyclic) bond motifs is 1. The fraction of sp³-hybridized carbons (Fsp3) is 0.571. The van der Waals surface area contributed by atoms with Crippen molar-refractivity contribution in [2.24, 2.45) is 5.73 Å². The summed E-state index contributed by atoms with van der Waals surface area (Å²) in [4.78, 5) is 5.79. The third-order valence-electron chi connectivity index (χ3n) is 1.82. The molecule has 0 fully saturated rings. The van der Waals surface area contributed by atoms with E-state index < -0.39 is 0 Å². The zero-order valence-corrected chi connectivity index (χ0v) is 7.08. The van der Waals surface area contributed by atoms with Crippen LogP contribution in [0.4, 0.5) is 0 Å². The van der Waals surface area contributed by atoms with Gasteiger partial charge in [-0.2, -0.15) is 0 Å². The fourth-order valence-electron chi connectivity index (χ4n) is 1.27. The Morgan fingerprint density at radius 1 is 1.64 bits per heavy atom. The van der Waals surface area contributed by atoms with Crippen molar-refractivity contribution in [3.8, 4) is 0 Å². The summed E-state index contributed by atoms with van der Waals surface area (Å²) in [6.07, 6.45) is 1.06. The van der Waals surface area contributed by atoms with Gasteiger partial charge in [0.1, 0.15) is 5.01 Å². The molecule has 0 unspecified atom stereocenters. The molecule has 0 amide bonds. The summed E-state index contributed by atoms with van der Waals surface area (Å²) in [5, 5.41) is 4.38. The quantitative estimate of drug-likeness (QED) is 0.633. The molecule has 60 valence electrons. The lowest BCUT2D eigenvalue weighted by Gasteiger charge is -2.09. The molecule has 0 aliphatic carbocycles. The molecule has 1 aliphatic rings. The lowest BCUT2D eigenvalue weighted by atomic mass is 10.2. The minimum absolute atomic E-state index is 0.581. The molecule has 2 rings (SSSR count). The molecular formula is C7H11N3S. The van der Waals surface area contributed by atoms with E-state index >= 15 is 0 Å². The second-order valence-electron chi connectivity index (χ2n) is 2.61. The summed E-state index contributed by atoms with van der Waals surface area (Å²) in [5.74, 6) is 0. The van der Waals surface area contributed by atoms with E-state index in [-0.39, 0.29) is 0 Å². The second-order valence-corrected chi connectivity index (χ2v) is 3.78. The smallest absolute Gasteiger partial charge is 0.107 e. The highest BCUT2D eigenvalue weighted by Gasteiger charge is 2.13. The molecule has 1 aromatic heterocycles. The van der Waals surface area contributed by atoms with Crippen LogP contribution in [0.5, 0.6) is 0 Å². The van der Waals surface area contributed by atoms with Crippen LogP contribution in [0.25, 0.3) is 0 Å². The van der Waals surface area contributed by atoms with Crippen molar-refractivity contribution in [1.29, 1.82) is 0 Å². The normalized spacial score (nSPS) is 16.5. The fourth-order valence-corrected chi connectivity index (χ4v) is 2.23. The monoisotopic (exact) mass is 169 g/mol. The van der Waals surface area contributed by atoms with Crippen LogP contribution >= 0.6 is 11.3 Å². The Morgan fingerprint density at radius 2 is 2.55 bits per heavy atom. The van der Waals surface area contributed by atoms with Crippen LogP contribution in [0.15, 0.2) is 0 Å². The van der Waals surface area contributed by atoms with Crippen molar-refractivity contribution in [1.82, 2.24) is 10.3 Å². The highest BCUT2D eigenvalue weighted by Crippen LogP contribution is 2.20. The molecule has 0 spiro atoms. The van der Waals surface area contributed by atoms with Crippen molar-refractivity contribution in [2.75, 3.05) is 6.54 Å². The molecule has 2 heterocycles. The standard InChI is InChI=1S/C7H11N3S/c8-3-7-10-5-1-2-9-4-6(5)11-7/h9H,1-4,8H2. The Balaban J connectivity index is 2.32. The molecule has 0 aromatic carbocycles. The van der Waals surface area contributed by atoms with Crippen LogP contribution in [0.1, 0.15) is 15.6 Å². The number of hydrogen-bond donors (Lipinski definition) is 2. The molecule has 1 aromatic rings. The number of aromatic nitrogens is 1. The Hall–Kier alpha value is -0.450. The van der Waals surface area contributed by atoms with Gasteiger partial charge < -0.3 is 11.1 Å². The van der Waals surface area contributed by atoms with E-state index in [1.807, 2.05) is 0 Å². The Kier molecular flexibility index (Phi) is 1.89. The van der Waals surface area contributed by atoms with Crippen LogP contribution in [-0.4, -0.2) is 11.5 Å². The van der Waals surface area contributed by atoms with Gasteiger partial charge in [0.15, 0.2) is 0 Å². The first-order chi connectivity index (χ1) is 5.40. The van der Waals surface area contributed by atoms with Crippen LogP contribution in [0, 0.1) is 0 Å². The highest BCUT2D eigenvalue weighted by atomic mass is 32.1. The number of nitrogens with zero attached hydrogens (tertiary/aromatic N) is 1. The maximum atomic E-state index is 5.49.